The Labute approximate surface area is 206 Å². The average molecular weight is 467 g/mol. The Kier molecular flexibility index (Phi) is 28.3. The van der Waals surface area contributed by atoms with Gasteiger partial charge in [-0.1, -0.05) is 70.4 Å². The number of hydrogen-bond donors (Lipinski definition) is 4. The maximum atomic E-state index is 11.9. The van der Waals surface area contributed by atoms with Crippen LogP contribution in [-0.4, -0.2) is 45.2 Å². The fraction of sp³-hybridized carbons (Fsp3) is 0.893. The summed E-state index contributed by atoms with van der Waals surface area (Å²) in [7, 11) is 0. The van der Waals surface area contributed by atoms with Crippen LogP contribution in [0.5, 0.6) is 0 Å². The van der Waals surface area contributed by atoms with E-state index in [9.17, 15) is 4.79 Å². The van der Waals surface area contributed by atoms with E-state index < -0.39 is 0 Å². The van der Waals surface area contributed by atoms with Crippen LogP contribution in [0.15, 0.2) is 12.2 Å². The second-order valence-corrected chi connectivity index (χ2v) is 9.39. The minimum atomic E-state index is 0.219. The van der Waals surface area contributed by atoms with Gasteiger partial charge in [0, 0.05) is 13.0 Å². The number of rotatable bonds is 27. The van der Waals surface area contributed by atoms with Crippen molar-refractivity contribution in [3.63, 3.8) is 0 Å². The van der Waals surface area contributed by atoms with Gasteiger partial charge in [0.05, 0.1) is 0 Å². The van der Waals surface area contributed by atoms with Crippen molar-refractivity contribution in [2.24, 2.45) is 5.73 Å². The van der Waals surface area contributed by atoms with Crippen molar-refractivity contribution in [1.82, 2.24) is 16.0 Å². The molecule has 0 aliphatic heterocycles. The highest BCUT2D eigenvalue weighted by Crippen LogP contribution is 2.09. The van der Waals surface area contributed by atoms with Gasteiger partial charge in [0.2, 0.25) is 5.91 Å². The van der Waals surface area contributed by atoms with Crippen LogP contribution < -0.4 is 21.7 Å². The second kappa shape index (κ2) is 29.1. The van der Waals surface area contributed by atoms with Gasteiger partial charge in [-0.2, -0.15) is 0 Å². The van der Waals surface area contributed by atoms with Crippen LogP contribution in [0.2, 0.25) is 0 Å². The Morgan fingerprint density at radius 2 is 1.12 bits per heavy atom. The number of nitrogens with two attached hydrogens (primary N) is 1. The third-order valence-electron chi connectivity index (χ3n) is 6.03. The summed E-state index contributed by atoms with van der Waals surface area (Å²) in [6.45, 7) is 7.97. The average Bonchev–Trinajstić information content (AvgIpc) is 2.82. The van der Waals surface area contributed by atoms with Gasteiger partial charge < -0.3 is 21.7 Å². The standard InChI is InChI=1S/C28H58N4O/c1-2-3-4-5-6-7-8-9-10-11-12-13-14-15-16-21-28(33)32-27-20-26-31-24-18-17-23-30-25-19-22-29/h9-10,30-31H,2-8,11-27,29H2,1H3,(H,32,33)/b10-9-. The molecule has 0 aromatic rings. The van der Waals surface area contributed by atoms with Gasteiger partial charge in [-0.05, 0) is 90.5 Å². The summed E-state index contributed by atoms with van der Waals surface area (Å²) in [5, 5.41) is 9.91. The van der Waals surface area contributed by atoms with Gasteiger partial charge in [0.15, 0.2) is 0 Å². The Morgan fingerprint density at radius 3 is 1.73 bits per heavy atom. The molecule has 5 N–H and O–H groups in total. The van der Waals surface area contributed by atoms with E-state index in [0.717, 1.165) is 58.5 Å². The largest absolute Gasteiger partial charge is 0.356 e. The molecule has 0 heterocycles. The van der Waals surface area contributed by atoms with Crippen molar-refractivity contribution < 1.29 is 4.79 Å². The van der Waals surface area contributed by atoms with E-state index in [1.165, 1.54) is 89.9 Å². The first-order chi connectivity index (χ1) is 16.3. The van der Waals surface area contributed by atoms with E-state index in [2.05, 4.69) is 35.0 Å². The van der Waals surface area contributed by atoms with E-state index >= 15 is 0 Å². The third-order valence-corrected chi connectivity index (χ3v) is 6.03. The molecular weight excluding hydrogens is 408 g/mol. The predicted molar refractivity (Wildman–Crippen MR) is 146 cm³/mol. The molecule has 0 bridgehead atoms. The molecule has 33 heavy (non-hydrogen) atoms. The van der Waals surface area contributed by atoms with Crippen molar-refractivity contribution in [1.29, 1.82) is 0 Å². The van der Waals surface area contributed by atoms with Crippen LogP contribution in [-0.2, 0) is 4.79 Å². The minimum absolute atomic E-state index is 0.219. The SMILES string of the molecule is CCCCCCCC/C=C\CCCCCCCC(=O)NCCCNCCCCNCCCN. The smallest absolute Gasteiger partial charge is 0.219 e. The molecule has 0 aromatic carbocycles. The van der Waals surface area contributed by atoms with Crippen LogP contribution in [0.1, 0.15) is 122 Å². The Bertz CT molecular complexity index is 415. The van der Waals surface area contributed by atoms with E-state index in [0.29, 0.717) is 6.42 Å². The lowest BCUT2D eigenvalue weighted by molar-refractivity contribution is -0.121. The fourth-order valence-electron chi connectivity index (χ4n) is 3.86. The molecule has 0 saturated carbocycles. The topological polar surface area (TPSA) is 79.2 Å². The summed E-state index contributed by atoms with van der Waals surface area (Å²) in [6, 6.07) is 0. The molecule has 0 atom stereocenters. The zero-order valence-electron chi connectivity index (χ0n) is 22.1. The molecule has 0 aromatic heterocycles. The van der Waals surface area contributed by atoms with Crippen LogP contribution in [0.25, 0.3) is 0 Å². The number of nitrogens with one attached hydrogen (secondary N) is 3. The first-order valence-electron chi connectivity index (χ1n) is 14.3. The van der Waals surface area contributed by atoms with Crippen LogP contribution in [0.3, 0.4) is 0 Å². The summed E-state index contributed by atoms with van der Waals surface area (Å²) in [6.07, 6.45) is 26.7. The molecular formula is C28H58N4O. The zero-order chi connectivity index (χ0) is 24.1. The number of amides is 1. The van der Waals surface area contributed by atoms with Crippen molar-refractivity contribution in [2.75, 3.05) is 39.3 Å². The van der Waals surface area contributed by atoms with Crippen LogP contribution in [0, 0.1) is 0 Å². The monoisotopic (exact) mass is 466 g/mol. The van der Waals surface area contributed by atoms with E-state index in [4.69, 9.17) is 5.73 Å². The maximum absolute atomic E-state index is 11.9. The van der Waals surface area contributed by atoms with Gasteiger partial charge in [-0.15, -0.1) is 0 Å². The molecule has 5 nitrogen and oxygen atoms in total. The summed E-state index contributed by atoms with van der Waals surface area (Å²) < 4.78 is 0. The molecule has 0 aliphatic carbocycles. The maximum Gasteiger partial charge on any atom is 0.219 e. The highest BCUT2D eigenvalue weighted by Gasteiger charge is 2.00. The first kappa shape index (κ1) is 32.1. The molecule has 0 fully saturated rings. The molecule has 0 aliphatic rings. The van der Waals surface area contributed by atoms with Crippen LogP contribution >= 0.6 is 0 Å². The Balaban J connectivity index is 3.19. The lowest BCUT2D eigenvalue weighted by Gasteiger charge is -2.07. The number of hydrogen-bond acceptors (Lipinski definition) is 4. The molecule has 0 unspecified atom stereocenters. The number of allylic oxidation sites excluding steroid dienone is 2. The lowest BCUT2D eigenvalue weighted by atomic mass is 10.1. The second-order valence-electron chi connectivity index (χ2n) is 9.39. The molecule has 0 saturated heterocycles. The highest BCUT2D eigenvalue weighted by molar-refractivity contribution is 5.75. The van der Waals surface area contributed by atoms with Crippen LogP contribution in [0.4, 0.5) is 0 Å². The third kappa shape index (κ3) is 29.1. The highest BCUT2D eigenvalue weighted by atomic mass is 16.1. The van der Waals surface area contributed by atoms with Crippen molar-refractivity contribution in [3.05, 3.63) is 12.2 Å². The zero-order valence-corrected chi connectivity index (χ0v) is 22.1. The first-order valence-corrected chi connectivity index (χ1v) is 14.3. The Morgan fingerprint density at radius 1 is 0.606 bits per heavy atom. The lowest BCUT2D eigenvalue weighted by Crippen LogP contribution is -2.27. The molecule has 0 radical (unpaired) electrons. The normalized spacial score (nSPS) is 11.5. The fourth-order valence-corrected chi connectivity index (χ4v) is 3.86. The van der Waals surface area contributed by atoms with E-state index in [1.807, 2.05) is 0 Å². The van der Waals surface area contributed by atoms with Gasteiger partial charge in [0.1, 0.15) is 0 Å². The molecule has 1 amide bonds. The number of carbonyl (C=O) groups is 1. The van der Waals surface area contributed by atoms with Crippen molar-refractivity contribution in [3.8, 4) is 0 Å². The van der Waals surface area contributed by atoms with Crippen molar-refractivity contribution in [2.45, 2.75) is 122 Å². The van der Waals surface area contributed by atoms with Gasteiger partial charge in [-0.25, -0.2) is 0 Å². The molecule has 196 valence electrons. The molecule has 5 heteroatoms. The van der Waals surface area contributed by atoms with Crippen molar-refractivity contribution >= 4 is 5.91 Å². The molecule has 0 spiro atoms. The number of carbonyl (C=O) groups excluding carboxylic acids is 1. The van der Waals surface area contributed by atoms with E-state index in [1.54, 1.807) is 0 Å². The number of unbranched alkanes of at least 4 members (excludes halogenated alkanes) is 12. The summed E-state index contributed by atoms with van der Waals surface area (Å²) >= 11 is 0. The van der Waals surface area contributed by atoms with Gasteiger partial charge in [0.25, 0.3) is 0 Å². The van der Waals surface area contributed by atoms with Gasteiger partial charge in [-0.3, -0.25) is 4.79 Å². The summed E-state index contributed by atoms with van der Waals surface area (Å²) in [5.74, 6) is 0.219. The van der Waals surface area contributed by atoms with Gasteiger partial charge >= 0.3 is 0 Å². The summed E-state index contributed by atoms with van der Waals surface area (Å²) in [5.41, 5.74) is 5.47. The summed E-state index contributed by atoms with van der Waals surface area (Å²) in [4.78, 5) is 11.9. The van der Waals surface area contributed by atoms with E-state index in [-0.39, 0.29) is 5.91 Å². The minimum Gasteiger partial charge on any atom is -0.356 e. The predicted octanol–water partition coefficient (Wildman–Crippen LogP) is 5.84. The Hall–Kier alpha value is -0.910. The quantitative estimate of drug-likeness (QED) is 0.0906. The molecule has 0 rings (SSSR count).